The minimum Gasteiger partial charge on any atom is -0.237 e. The summed E-state index contributed by atoms with van der Waals surface area (Å²) in [4.78, 5) is 0. The first-order chi connectivity index (χ1) is 14.7. The van der Waals surface area contributed by atoms with Crippen LogP contribution in [0, 0.1) is 0 Å². The minimum atomic E-state index is 0.356. The number of hydrogen-bond donors (Lipinski definition) is 0. The average molecular weight is 401 g/mol. The van der Waals surface area contributed by atoms with Crippen LogP contribution in [0.3, 0.4) is 0 Å². The Balaban J connectivity index is 1.25. The first-order valence-electron chi connectivity index (χ1n) is 10.9. The molecule has 2 aromatic heterocycles. The summed E-state index contributed by atoms with van der Waals surface area (Å²) in [6, 6.07) is 22.0. The molecular formula is C26H32N4+2. The van der Waals surface area contributed by atoms with E-state index in [1.165, 1.54) is 24.0 Å². The number of nitrogens with zero attached hydrogens (tertiary/aromatic N) is 4. The van der Waals surface area contributed by atoms with Gasteiger partial charge in [0.15, 0.2) is 0 Å². The summed E-state index contributed by atoms with van der Waals surface area (Å²) in [5.74, 6) is 0. The summed E-state index contributed by atoms with van der Waals surface area (Å²) in [6.07, 6.45) is 15.5. The molecule has 2 heterocycles. The lowest BCUT2D eigenvalue weighted by molar-refractivity contribution is -0.707. The van der Waals surface area contributed by atoms with Gasteiger partial charge < -0.3 is 0 Å². The molecule has 0 spiro atoms. The molecule has 0 aliphatic rings. The van der Waals surface area contributed by atoms with Crippen molar-refractivity contribution in [1.82, 2.24) is 9.13 Å². The molecule has 0 radical (unpaired) electrons. The van der Waals surface area contributed by atoms with Crippen LogP contribution >= 0.6 is 0 Å². The number of aryl methyl sites for hydroxylation is 2. The van der Waals surface area contributed by atoms with Crippen LogP contribution in [-0.4, -0.2) is 9.13 Å². The second-order valence-electron chi connectivity index (χ2n) is 8.08. The van der Waals surface area contributed by atoms with Crippen molar-refractivity contribution in [1.29, 1.82) is 0 Å². The number of unbranched alkanes of at least 4 members (excludes halogenated alkanes) is 1. The highest BCUT2D eigenvalue weighted by Crippen LogP contribution is 2.17. The molecule has 2 atom stereocenters. The molecule has 0 bridgehead atoms. The van der Waals surface area contributed by atoms with Crippen molar-refractivity contribution in [3.63, 3.8) is 0 Å². The molecule has 4 nitrogen and oxygen atoms in total. The van der Waals surface area contributed by atoms with E-state index in [4.69, 9.17) is 0 Å². The van der Waals surface area contributed by atoms with Gasteiger partial charge in [0, 0.05) is 0 Å². The summed E-state index contributed by atoms with van der Waals surface area (Å²) in [7, 11) is 0. The first kappa shape index (κ1) is 20.1. The van der Waals surface area contributed by atoms with Crippen molar-refractivity contribution in [2.75, 3.05) is 0 Å². The number of aromatic nitrogens is 4. The Labute approximate surface area is 179 Å². The second-order valence-corrected chi connectivity index (χ2v) is 8.08. The molecule has 0 saturated carbocycles. The zero-order valence-electron chi connectivity index (χ0n) is 18.0. The SMILES string of the molecule is C[C@@H](c1ccccc1)n1cc[n+](CCCC[n+]2ccn([C@@H](C)c3ccccc3)c2)c1. The van der Waals surface area contributed by atoms with E-state index in [9.17, 15) is 0 Å². The van der Waals surface area contributed by atoms with Crippen LogP contribution in [0.1, 0.15) is 49.9 Å². The Hall–Kier alpha value is -3.14. The first-order valence-corrected chi connectivity index (χ1v) is 10.9. The van der Waals surface area contributed by atoms with Crippen LogP contribution < -0.4 is 9.13 Å². The highest BCUT2D eigenvalue weighted by Gasteiger charge is 2.15. The van der Waals surface area contributed by atoms with Crippen molar-refractivity contribution < 1.29 is 9.13 Å². The Kier molecular flexibility index (Phi) is 6.43. The van der Waals surface area contributed by atoms with Crippen molar-refractivity contribution in [2.24, 2.45) is 0 Å². The van der Waals surface area contributed by atoms with Gasteiger partial charge in [0.1, 0.15) is 36.9 Å². The molecule has 0 fully saturated rings. The van der Waals surface area contributed by atoms with Gasteiger partial charge in [-0.05, 0) is 37.8 Å². The zero-order valence-corrected chi connectivity index (χ0v) is 18.0. The maximum absolute atomic E-state index is 2.30. The largest absolute Gasteiger partial charge is 0.244 e. The maximum Gasteiger partial charge on any atom is 0.244 e. The van der Waals surface area contributed by atoms with Gasteiger partial charge in [-0.1, -0.05) is 60.7 Å². The van der Waals surface area contributed by atoms with Gasteiger partial charge in [-0.25, -0.2) is 18.3 Å². The molecule has 154 valence electrons. The third-order valence-electron chi connectivity index (χ3n) is 5.96. The summed E-state index contributed by atoms with van der Waals surface area (Å²) in [6.45, 7) is 6.60. The molecule has 4 aromatic rings. The van der Waals surface area contributed by atoms with E-state index in [1.54, 1.807) is 0 Å². The van der Waals surface area contributed by atoms with Crippen LogP contribution in [-0.2, 0) is 13.1 Å². The van der Waals surface area contributed by atoms with E-state index >= 15 is 0 Å². The zero-order chi connectivity index (χ0) is 20.8. The van der Waals surface area contributed by atoms with E-state index in [2.05, 4.69) is 130 Å². The Bertz CT molecular complexity index is 947. The van der Waals surface area contributed by atoms with Gasteiger partial charge in [-0.15, -0.1) is 0 Å². The van der Waals surface area contributed by atoms with E-state index in [0.717, 1.165) is 13.1 Å². The predicted molar refractivity (Wildman–Crippen MR) is 119 cm³/mol. The number of rotatable bonds is 9. The highest BCUT2D eigenvalue weighted by molar-refractivity contribution is 5.19. The van der Waals surface area contributed by atoms with Crippen LogP contribution in [0.25, 0.3) is 0 Å². The van der Waals surface area contributed by atoms with E-state index < -0.39 is 0 Å². The fraction of sp³-hybridized carbons (Fsp3) is 0.308. The lowest BCUT2D eigenvalue weighted by Crippen LogP contribution is -2.34. The smallest absolute Gasteiger partial charge is 0.237 e. The maximum atomic E-state index is 2.30. The highest BCUT2D eigenvalue weighted by atomic mass is 15.1. The number of hydrogen-bond acceptors (Lipinski definition) is 0. The molecule has 0 N–H and O–H groups in total. The topological polar surface area (TPSA) is 17.6 Å². The average Bonchev–Trinajstić information content (AvgIpc) is 3.47. The quantitative estimate of drug-likeness (QED) is 0.289. The van der Waals surface area contributed by atoms with Gasteiger partial charge in [0.25, 0.3) is 0 Å². The van der Waals surface area contributed by atoms with Crippen LogP contribution in [0.5, 0.6) is 0 Å². The van der Waals surface area contributed by atoms with Gasteiger partial charge in [0.2, 0.25) is 12.7 Å². The summed E-state index contributed by atoms with van der Waals surface area (Å²) in [5, 5.41) is 0. The van der Waals surface area contributed by atoms with Crippen molar-refractivity contribution in [2.45, 2.75) is 51.9 Å². The lowest BCUT2D eigenvalue weighted by atomic mass is 10.1. The van der Waals surface area contributed by atoms with Gasteiger partial charge >= 0.3 is 0 Å². The molecule has 0 unspecified atom stereocenters. The molecule has 4 heteroatoms. The molecule has 30 heavy (non-hydrogen) atoms. The molecular weight excluding hydrogens is 368 g/mol. The Morgan fingerprint density at radius 1 is 0.633 bits per heavy atom. The monoisotopic (exact) mass is 400 g/mol. The van der Waals surface area contributed by atoms with Crippen LogP contribution in [0.15, 0.2) is 98.1 Å². The fourth-order valence-corrected chi connectivity index (χ4v) is 3.94. The normalized spacial score (nSPS) is 13.3. The van der Waals surface area contributed by atoms with Crippen molar-refractivity contribution >= 4 is 0 Å². The predicted octanol–water partition coefficient (Wildman–Crippen LogP) is 4.56. The van der Waals surface area contributed by atoms with Gasteiger partial charge in [-0.2, -0.15) is 0 Å². The summed E-state index contributed by atoms with van der Waals surface area (Å²) >= 11 is 0. The lowest BCUT2D eigenvalue weighted by Gasteiger charge is -2.07. The Morgan fingerprint density at radius 2 is 1.03 bits per heavy atom. The number of imidazole rings is 2. The second kappa shape index (κ2) is 9.57. The van der Waals surface area contributed by atoms with E-state index in [1.807, 2.05) is 0 Å². The molecule has 2 aromatic carbocycles. The van der Waals surface area contributed by atoms with E-state index in [-0.39, 0.29) is 0 Å². The van der Waals surface area contributed by atoms with Crippen LogP contribution in [0.4, 0.5) is 0 Å². The summed E-state index contributed by atoms with van der Waals surface area (Å²) in [5.41, 5.74) is 2.68. The summed E-state index contributed by atoms with van der Waals surface area (Å²) < 4.78 is 9.17. The van der Waals surface area contributed by atoms with Gasteiger partial charge in [-0.3, -0.25) is 0 Å². The Morgan fingerprint density at radius 3 is 1.43 bits per heavy atom. The molecule has 0 amide bonds. The fourth-order valence-electron chi connectivity index (χ4n) is 3.94. The molecule has 0 saturated heterocycles. The van der Waals surface area contributed by atoms with Gasteiger partial charge in [0.05, 0.1) is 13.1 Å². The molecule has 0 aliphatic carbocycles. The number of benzene rings is 2. The molecule has 0 aliphatic heterocycles. The molecule has 4 rings (SSSR count). The third kappa shape index (κ3) is 4.88. The standard InChI is InChI=1S/C26H32N4/c1-23(25-11-5-3-6-12-25)29-19-17-27(21-29)15-9-10-16-28-18-20-30(22-28)24(2)26-13-7-4-8-14-26/h3-8,11-14,17-24H,9-10,15-16H2,1-2H3/q+2/t23-,24-/m0/s1. The minimum absolute atomic E-state index is 0.356. The van der Waals surface area contributed by atoms with Crippen LogP contribution in [0.2, 0.25) is 0 Å². The van der Waals surface area contributed by atoms with E-state index in [0.29, 0.717) is 12.1 Å². The third-order valence-corrected chi connectivity index (χ3v) is 5.96. The van der Waals surface area contributed by atoms with Crippen molar-refractivity contribution in [3.8, 4) is 0 Å². The van der Waals surface area contributed by atoms with Crippen molar-refractivity contribution in [3.05, 3.63) is 109 Å².